The van der Waals surface area contributed by atoms with Crippen LogP contribution in [0.4, 0.5) is 10.1 Å². The average Bonchev–Trinajstić information content (AvgIpc) is 2.61. The predicted octanol–water partition coefficient (Wildman–Crippen LogP) is 2.96. The maximum absolute atomic E-state index is 13.5. The molecule has 0 fully saturated rings. The van der Waals surface area contributed by atoms with Gasteiger partial charge in [0.25, 0.3) is 0 Å². The summed E-state index contributed by atoms with van der Waals surface area (Å²) in [6.45, 7) is 0.598. The Balaban J connectivity index is 1.81. The van der Waals surface area contributed by atoms with Crippen LogP contribution in [0.15, 0.2) is 42.5 Å². The maximum Gasteiger partial charge on any atom is 0.222 e. The summed E-state index contributed by atoms with van der Waals surface area (Å²) in [4.78, 5) is 11.9. The Morgan fingerprint density at radius 3 is 2.62 bits per heavy atom. The second-order valence-electron chi connectivity index (χ2n) is 5.11. The molecule has 0 aliphatic carbocycles. The van der Waals surface area contributed by atoms with Gasteiger partial charge in [0.05, 0.1) is 19.9 Å². The summed E-state index contributed by atoms with van der Waals surface area (Å²) in [5.74, 6) is 0.884. The minimum absolute atomic E-state index is 0.160. The molecule has 0 unspecified atom stereocenters. The molecule has 2 N–H and O–H groups in total. The van der Waals surface area contributed by atoms with E-state index in [0.717, 1.165) is 5.69 Å². The number of amides is 1. The molecule has 0 spiro atoms. The van der Waals surface area contributed by atoms with Crippen LogP contribution in [0, 0.1) is 5.82 Å². The van der Waals surface area contributed by atoms with Crippen molar-refractivity contribution in [3.63, 3.8) is 0 Å². The predicted molar refractivity (Wildman–Crippen MR) is 90.9 cm³/mol. The first-order valence-corrected chi connectivity index (χ1v) is 7.60. The van der Waals surface area contributed by atoms with Gasteiger partial charge in [0.2, 0.25) is 5.91 Å². The van der Waals surface area contributed by atoms with Crippen molar-refractivity contribution < 1.29 is 18.7 Å². The van der Waals surface area contributed by atoms with Crippen molar-refractivity contribution in [2.24, 2.45) is 0 Å². The molecular weight excluding hydrogens is 311 g/mol. The molecule has 0 heterocycles. The van der Waals surface area contributed by atoms with Crippen LogP contribution in [0.2, 0.25) is 0 Å². The number of carbonyl (C=O) groups excluding carboxylic acids is 1. The zero-order valence-corrected chi connectivity index (χ0v) is 13.8. The Labute approximate surface area is 140 Å². The fourth-order valence-corrected chi connectivity index (χ4v) is 2.19. The molecule has 128 valence electrons. The van der Waals surface area contributed by atoms with Crippen molar-refractivity contribution in [1.29, 1.82) is 0 Å². The number of rotatable bonds is 8. The molecule has 2 rings (SSSR count). The van der Waals surface area contributed by atoms with Gasteiger partial charge in [-0.25, -0.2) is 4.39 Å². The zero-order chi connectivity index (χ0) is 17.4. The second-order valence-corrected chi connectivity index (χ2v) is 5.11. The number of nitrogens with one attached hydrogen (secondary N) is 2. The highest BCUT2D eigenvalue weighted by Crippen LogP contribution is 2.28. The monoisotopic (exact) mass is 332 g/mol. The number of anilines is 1. The van der Waals surface area contributed by atoms with Gasteiger partial charge in [0.15, 0.2) is 0 Å². The van der Waals surface area contributed by atoms with Crippen LogP contribution < -0.4 is 20.1 Å². The first kappa shape index (κ1) is 17.6. The molecule has 1 amide bonds. The second kappa shape index (κ2) is 8.76. The molecule has 24 heavy (non-hydrogen) atoms. The Hall–Kier alpha value is -2.76. The summed E-state index contributed by atoms with van der Waals surface area (Å²) in [5.41, 5.74) is 1.21. The normalized spacial score (nSPS) is 10.1. The minimum atomic E-state index is -0.322. The standard InChI is InChI=1S/C18H21FN2O3/c1-23-14-7-8-17(24-2)16(11-14)20-10-9-18(22)21-12-13-5-3-4-6-15(13)19/h3-8,11,20H,9-10,12H2,1-2H3,(H,21,22). The quantitative estimate of drug-likeness (QED) is 0.780. The van der Waals surface area contributed by atoms with Gasteiger partial charge in [-0.2, -0.15) is 0 Å². The number of hydrogen-bond donors (Lipinski definition) is 2. The molecule has 2 aromatic rings. The molecule has 0 atom stereocenters. The fourth-order valence-electron chi connectivity index (χ4n) is 2.19. The SMILES string of the molecule is COc1ccc(OC)c(NCCC(=O)NCc2ccccc2F)c1. The van der Waals surface area contributed by atoms with Crippen molar-refractivity contribution in [3.05, 3.63) is 53.8 Å². The van der Waals surface area contributed by atoms with Gasteiger partial charge in [-0.1, -0.05) is 18.2 Å². The van der Waals surface area contributed by atoms with E-state index in [1.54, 1.807) is 50.6 Å². The van der Waals surface area contributed by atoms with E-state index in [0.29, 0.717) is 23.6 Å². The number of methoxy groups -OCH3 is 2. The van der Waals surface area contributed by atoms with Crippen LogP contribution >= 0.6 is 0 Å². The highest BCUT2D eigenvalue weighted by molar-refractivity contribution is 5.76. The molecule has 0 radical (unpaired) electrons. The molecule has 0 aromatic heterocycles. The van der Waals surface area contributed by atoms with Crippen LogP contribution in [0.3, 0.4) is 0 Å². The van der Waals surface area contributed by atoms with Gasteiger partial charge in [-0.15, -0.1) is 0 Å². The topological polar surface area (TPSA) is 59.6 Å². The van der Waals surface area contributed by atoms with Crippen molar-refractivity contribution in [2.75, 3.05) is 26.1 Å². The Bertz CT molecular complexity index is 692. The van der Waals surface area contributed by atoms with Crippen molar-refractivity contribution in [3.8, 4) is 11.5 Å². The van der Waals surface area contributed by atoms with Gasteiger partial charge in [0, 0.05) is 31.1 Å². The summed E-state index contributed by atoms with van der Waals surface area (Å²) in [6.07, 6.45) is 0.259. The molecule has 0 aliphatic heterocycles. The first-order valence-electron chi connectivity index (χ1n) is 7.60. The van der Waals surface area contributed by atoms with Crippen molar-refractivity contribution in [2.45, 2.75) is 13.0 Å². The summed E-state index contributed by atoms with van der Waals surface area (Å²) in [6, 6.07) is 11.8. The van der Waals surface area contributed by atoms with E-state index < -0.39 is 0 Å². The Morgan fingerprint density at radius 1 is 1.12 bits per heavy atom. The summed E-state index contributed by atoms with van der Waals surface area (Å²) in [7, 11) is 3.16. The molecule has 0 saturated carbocycles. The Morgan fingerprint density at radius 2 is 1.92 bits per heavy atom. The van der Waals surface area contributed by atoms with Gasteiger partial charge in [-0.05, 0) is 18.2 Å². The van der Waals surface area contributed by atoms with Crippen LogP contribution in [0.25, 0.3) is 0 Å². The van der Waals surface area contributed by atoms with E-state index in [2.05, 4.69) is 10.6 Å². The summed E-state index contributed by atoms with van der Waals surface area (Å²) >= 11 is 0. The van der Waals surface area contributed by atoms with Crippen LogP contribution in [-0.2, 0) is 11.3 Å². The maximum atomic E-state index is 13.5. The van der Waals surface area contributed by atoms with Gasteiger partial charge >= 0.3 is 0 Å². The summed E-state index contributed by atoms with van der Waals surface area (Å²) < 4.78 is 23.9. The fraction of sp³-hybridized carbons (Fsp3) is 0.278. The van der Waals surface area contributed by atoms with E-state index in [4.69, 9.17) is 9.47 Å². The molecule has 0 saturated heterocycles. The molecular formula is C18H21FN2O3. The van der Waals surface area contributed by atoms with E-state index in [-0.39, 0.29) is 24.7 Å². The van der Waals surface area contributed by atoms with Gasteiger partial charge in [-0.3, -0.25) is 4.79 Å². The highest BCUT2D eigenvalue weighted by Gasteiger charge is 2.07. The number of carbonyl (C=O) groups is 1. The third-order valence-corrected chi connectivity index (χ3v) is 3.51. The lowest BCUT2D eigenvalue weighted by molar-refractivity contribution is -0.121. The molecule has 5 nitrogen and oxygen atoms in total. The van der Waals surface area contributed by atoms with E-state index >= 15 is 0 Å². The lowest BCUT2D eigenvalue weighted by Gasteiger charge is -2.12. The van der Waals surface area contributed by atoms with E-state index in [1.165, 1.54) is 6.07 Å². The third-order valence-electron chi connectivity index (χ3n) is 3.51. The number of benzene rings is 2. The lowest BCUT2D eigenvalue weighted by Crippen LogP contribution is -2.25. The molecule has 6 heteroatoms. The molecule has 0 aliphatic rings. The van der Waals surface area contributed by atoms with E-state index in [9.17, 15) is 9.18 Å². The van der Waals surface area contributed by atoms with Gasteiger partial charge < -0.3 is 20.1 Å². The number of hydrogen-bond acceptors (Lipinski definition) is 4. The highest BCUT2D eigenvalue weighted by atomic mass is 19.1. The van der Waals surface area contributed by atoms with Crippen LogP contribution in [0.5, 0.6) is 11.5 Å². The average molecular weight is 332 g/mol. The summed E-state index contributed by atoms with van der Waals surface area (Å²) in [5, 5.41) is 5.84. The van der Waals surface area contributed by atoms with Crippen molar-refractivity contribution >= 4 is 11.6 Å². The van der Waals surface area contributed by atoms with E-state index in [1.807, 2.05) is 0 Å². The Kier molecular flexibility index (Phi) is 6.42. The molecule has 2 aromatic carbocycles. The van der Waals surface area contributed by atoms with Crippen LogP contribution in [-0.4, -0.2) is 26.7 Å². The number of ether oxygens (including phenoxy) is 2. The minimum Gasteiger partial charge on any atom is -0.497 e. The smallest absolute Gasteiger partial charge is 0.222 e. The lowest BCUT2D eigenvalue weighted by atomic mass is 10.2. The third kappa shape index (κ3) is 4.87. The van der Waals surface area contributed by atoms with Crippen molar-refractivity contribution in [1.82, 2.24) is 5.32 Å². The first-order chi connectivity index (χ1) is 11.6. The zero-order valence-electron chi connectivity index (χ0n) is 13.8. The van der Waals surface area contributed by atoms with Crippen LogP contribution in [0.1, 0.15) is 12.0 Å². The molecule has 0 bridgehead atoms. The largest absolute Gasteiger partial charge is 0.497 e. The van der Waals surface area contributed by atoms with Gasteiger partial charge in [0.1, 0.15) is 17.3 Å². The number of halogens is 1.